The van der Waals surface area contributed by atoms with Gasteiger partial charge in [-0.15, -0.1) is 0 Å². The summed E-state index contributed by atoms with van der Waals surface area (Å²) < 4.78 is 0. The van der Waals surface area contributed by atoms with Crippen LogP contribution in [0.5, 0.6) is 5.75 Å². The molecular weight excluding hydrogens is 252 g/mol. The first-order valence-corrected chi connectivity index (χ1v) is 6.51. The van der Waals surface area contributed by atoms with Crippen molar-refractivity contribution in [2.75, 3.05) is 6.54 Å². The molecule has 0 saturated heterocycles. The third kappa shape index (κ3) is 3.83. The molecule has 4 nitrogen and oxygen atoms in total. The first kappa shape index (κ1) is 14.1. The number of rotatable bonds is 5. The minimum absolute atomic E-state index is 0.134. The number of benzene rings is 2. The Morgan fingerprint density at radius 1 is 1.10 bits per heavy atom. The average Bonchev–Trinajstić information content (AvgIpc) is 2.48. The van der Waals surface area contributed by atoms with Crippen molar-refractivity contribution in [3.05, 3.63) is 65.7 Å². The zero-order valence-electron chi connectivity index (χ0n) is 11.1. The molecule has 0 spiro atoms. The molecule has 104 valence electrons. The predicted molar refractivity (Wildman–Crippen MR) is 78.2 cm³/mol. The van der Waals surface area contributed by atoms with Gasteiger partial charge in [-0.05, 0) is 11.6 Å². The van der Waals surface area contributed by atoms with Crippen LogP contribution < -0.4 is 11.1 Å². The molecule has 0 bridgehead atoms. The van der Waals surface area contributed by atoms with Crippen LogP contribution in [-0.2, 0) is 11.2 Å². The van der Waals surface area contributed by atoms with Gasteiger partial charge in [-0.3, -0.25) is 4.79 Å². The Bertz CT molecular complexity index is 570. The quantitative estimate of drug-likeness (QED) is 0.774. The van der Waals surface area contributed by atoms with Crippen LogP contribution in [0, 0.1) is 0 Å². The lowest BCUT2D eigenvalue weighted by Crippen LogP contribution is -2.32. The molecule has 2 aromatic rings. The van der Waals surface area contributed by atoms with E-state index >= 15 is 0 Å². The van der Waals surface area contributed by atoms with Crippen LogP contribution in [-0.4, -0.2) is 17.6 Å². The maximum Gasteiger partial charge on any atom is 0.224 e. The highest BCUT2D eigenvalue weighted by atomic mass is 16.3. The smallest absolute Gasteiger partial charge is 0.224 e. The number of carbonyl (C=O) groups excluding carboxylic acids is 1. The van der Waals surface area contributed by atoms with Gasteiger partial charge in [0.1, 0.15) is 5.75 Å². The Labute approximate surface area is 118 Å². The molecule has 0 aliphatic carbocycles. The summed E-state index contributed by atoms with van der Waals surface area (Å²) in [4.78, 5) is 11.8. The Morgan fingerprint density at radius 3 is 2.45 bits per heavy atom. The van der Waals surface area contributed by atoms with Crippen molar-refractivity contribution in [2.24, 2.45) is 5.73 Å². The minimum Gasteiger partial charge on any atom is -0.508 e. The van der Waals surface area contributed by atoms with E-state index in [4.69, 9.17) is 5.73 Å². The average molecular weight is 270 g/mol. The fraction of sp³-hybridized carbons (Fsp3) is 0.188. The van der Waals surface area contributed by atoms with E-state index < -0.39 is 0 Å². The van der Waals surface area contributed by atoms with E-state index in [-0.39, 0.29) is 24.1 Å². The van der Waals surface area contributed by atoms with E-state index in [1.807, 2.05) is 30.3 Å². The fourth-order valence-corrected chi connectivity index (χ4v) is 1.94. The zero-order chi connectivity index (χ0) is 14.4. The fourth-order valence-electron chi connectivity index (χ4n) is 1.94. The molecule has 0 aliphatic rings. The second kappa shape index (κ2) is 6.73. The van der Waals surface area contributed by atoms with Gasteiger partial charge in [0.15, 0.2) is 0 Å². The maximum atomic E-state index is 11.8. The van der Waals surface area contributed by atoms with Crippen LogP contribution in [0.2, 0.25) is 0 Å². The lowest BCUT2D eigenvalue weighted by molar-refractivity contribution is -0.120. The van der Waals surface area contributed by atoms with Crippen LogP contribution in [0.4, 0.5) is 0 Å². The number of carbonyl (C=O) groups is 1. The van der Waals surface area contributed by atoms with Crippen molar-refractivity contribution in [3.8, 4) is 5.75 Å². The standard InChI is InChI=1S/C16H18N2O2/c17-14(12-6-2-1-3-7-12)11-18-16(20)10-13-8-4-5-9-15(13)19/h1-9,14,19H,10-11,17H2,(H,18,20). The molecule has 0 saturated carbocycles. The summed E-state index contributed by atoms with van der Waals surface area (Å²) in [5.74, 6) is -0.0205. The van der Waals surface area contributed by atoms with E-state index in [2.05, 4.69) is 5.32 Å². The minimum atomic E-state index is -0.232. The Kier molecular flexibility index (Phi) is 4.74. The van der Waals surface area contributed by atoms with E-state index in [1.54, 1.807) is 24.3 Å². The van der Waals surface area contributed by atoms with Crippen molar-refractivity contribution in [1.82, 2.24) is 5.32 Å². The summed E-state index contributed by atoms with van der Waals surface area (Å²) in [6.07, 6.45) is 0.147. The molecular formula is C16H18N2O2. The molecule has 1 unspecified atom stereocenters. The molecule has 4 N–H and O–H groups in total. The van der Waals surface area contributed by atoms with Gasteiger partial charge in [0.25, 0.3) is 0 Å². The number of hydrogen-bond acceptors (Lipinski definition) is 3. The molecule has 1 amide bonds. The third-order valence-corrected chi connectivity index (χ3v) is 3.09. The molecule has 2 rings (SSSR count). The number of aromatic hydroxyl groups is 1. The van der Waals surface area contributed by atoms with Crippen LogP contribution in [0.1, 0.15) is 17.2 Å². The molecule has 2 aromatic carbocycles. The van der Waals surface area contributed by atoms with E-state index in [0.29, 0.717) is 12.1 Å². The highest BCUT2D eigenvalue weighted by Crippen LogP contribution is 2.16. The maximum absolute atomic E-state index is 11.8. The molecule has 20 heavy (non-hydrogen) atoms. The van der Waals surface area contributed by atoms with Crippen molar-refractivity contribution >= 4 is 5.91 Å². The molecule has 0 heterocycles. The van der Waals surface area contributed by atoms with Gasteiger partial charge in [-0.25, -0.2) is 0 Å². The van der Waals surface area contributed by atoms with E-state index in [1.165, 1.54) is 0 Å². The SMILES string of the molecule is NC(CNC(=O)Cc1ccccc1O)c1ccccc1. The van der Waals surface area contributed by atoms with Gasteiger partial charge in [0.2, 0.25) is 5.91 Å². The summed E-state index contributed by atoms with van der Waals surface area (Å²) in [7, 11) is 0. The highest BCUT2D eigenvalue weighted by molar-refractivity contribution is 5.79. The van der Waals surface area contributed by atoms with Crippen molar-refractivity contribution in [2.45, 2.75) is 12.5 Å². The molecule has 0 aliphatic heterocycles. The van der Waals surface area contributed by atoms with E-state index in [0.717, 1.165) is 5.56 Å². The van der Waals surface area contributed by atoms with Gasteiger partial charge in [-0.2, -0.15) is 0 Å². The number of nitrogens with one attached hydrogen (secondary N) is 1. The number of phenols is 1. The predicted octanol–water partition coefficient (Wildman–Crippen LogP) is 1.75. The summed E-state index contributed by atoms with van der Waals surface area (Å²) in [6, 6.07) is 16.2. The lowest BCUT2D eigenvalue weighted by atomic mass is 10.1. The molecule has 0 aromatic heterocycles. The van der Waals surface area contributed by atoms with Gasteiger partial charge in [0.05, 0.1) is 6.42 Å². The van der Waals surface area contributed by atoms with Crippen LogP contribution in [0.25, 0.3) is 0 Å². The van der Waals surface area contributed by atoms with Crippen LogP contribution >= 0.6 is 0 Å². The number of hydrogen-bond donors (Lipinski definition) is 3. The number of amides is 1. The van der Waals surface area contributed by atoms with Crippen molar-refractivity contribution in [1.29, 1.82) is 0 Å². The van der Waals surface area contributed by atoms with Crippen LogP contribution in [0.3, 0.4) is 0 Å². The second-order valence-electron chi connectivity index (χ2n) is 4.63. The molecule has 0 radical (unpaired) electrons. The normalized spacial score (nSPS) is 11.8. The van der Waals surface area contributed by atoms with Gasteiger partial charge < -0.3 is 16.2 Å². The first-order chi connectivity index (χ1) is 9.66. The summed E-state index contributed by atoms with van der Waals surface area (Å²) in [5, 5.41) is 12.4. The monoisotopic (exact) mass is 270 g/mol. The van der Waals surface area contributed by atoms with Gasteiger partial charge in [-0.1, -0.05) is 48.5 Å². The number of para-hydroxylation sites is 1. The second-order valence-corrected chi connectivity index (χ2v) is 4.63. The molecule has 0 fully saturated rings. The lowest BCUT2D eigenvalue weighted by Gasteiger charge is -2.13. The molecule has 1 atom stereocenters. The van der Waals surface area contributed by atoms with E-state index in [9.17, 15) is 9.90 Å². The highest BCUT2D eigenvalue weighted by Gasteiger charge is 2.10. The van der Waals surface area contributed by atoms with Gasteiger partial charge >= 0.3 is 0 Å². The summed E-state index contributed by atoms with van der Waals surface area (Å²) in [6.45, 7) is 0.371. The zero-order valence-corrected chi connectivity index (χ0v) is 11.1. The number of nitrogens with two attached hydrogens (primary N) is 1. The Balaban J connectivity index is 1.85. The first-order valence-electron chi connectivity index (χ1n) is 6.51. The summed E-state index contributed by atoms with van der Waals surface area (Å²) in [5.41, 5.74) is 7.59. The third-order valence-electron chi connectivity index (χ3n) is 3.09. The van der Waals surface area contributed by atoms with Crippen molar-refractivity contribution < 1.29 is 9.90 Å². The Morgan fingerprint density at radius 2 is 1.75 bits per heavy atom. The van der Waals surface area contributed by atoms with Crippen LogP contribution in [0.15, 0.2) is 54.6 Å². The van der Waals surface area contributed by atoms with Gasteiger partial charge in [0, 0.05) is 18.2 Å². The summed E-state index contributed by atoms with van der Waals surface area (Å²) >= 11 is 0. The topological polar surface area (TPSA) is 75.3 Å². The largest absolute Gasteiger partial charge is 0.508 e. The van der Waals surface area contributed by atoms with Crippen molar-refractivity contribution in [3.63, 3.8) is 0 Å². The Hall–Kier alpha value is -2.33. The molecule has 4 heteroatoms. The number of phenolic OH excluding ortho intramolecular Hbond substituents is 1.